The number of rotatable bonds is 4. The summed E-state index contributed by atoms with van der Waals surface area (Å²) in [6.45, 7) is 3.87. The van der Waals surface area contributed by atoms with Gasteiger partial charge in [0.2, 0.25) is 0 Å². The first-order valence-electron chi connectivity index (χ1n) is 5.82. The molecular weight excluding hydrogens is 256 g/mol. The van der Waals surface area contributed by atoms with Gasteiger partial charge in [-0.3, -0.25) is 9.78 Å². The summed E-state index contributed by atoms with van der Waals surface area (Å²) in [7, 11) is 0. The van der Waals surface area contributed by atoms with Gasteiger partial charge in [-0.2, -0.15) is 12.6 Å². The van der Waals surface area contributed by atoms with Crippen molar-refractivity contribution in [1.82, 2.24) is 4.98 Å². The van der Waals surface area contributed by atoms with E-state index in [4.69, 9.17) is 0 Å². The van der Waals surface area contributed by atoms with E-state index in [0.717, 1.165) is 11.1 Å². The zero-order valence-corrected chi connectivity index (χ0v) is 11.2. The minimum atomic E-state index is -0.222. The van der Waals surface area contributed by atoms with Crippen LogP contribution in [0.3, 0.4) is 0 Å². The highest BCUT2D eigenvalue weighted by atomic mass is 32.1. The van der Waals surface area contributed by atoms with Gasteiger partial charge in [-0.15, -0.1) is 0 Å². The number of nitrogens with zero attached hydrogens (tertiary/aromatic N) is 1. The van der Waals surface area contributed by atoms with Crippen LogP contribution in [0.2, 0.25) is 0 Å². The number of amides is 1. The van der Waals surface area contributed by atoms with Crippen LogP contribution in [-0.2, 0) is 10.5 Å². The van der Waals surface area contributed by atoms with Gasteiger partial charge in [-0.1, -0.05) is 30.8 Å². The third-order valence-electron chi connectivity index (χ3n) is 2.73. The summed E-state index contributed by atoms with van der Waals surface area (Å²) in [5.74, 6) is 0.345. The fourth-order valence-electron chi connectivity index (χ4n) is 1.72. The van der Waals surface area contributed by atoms with Gasteiger partial charge in [0.15, 0.2) is 0 Å². The first kappa shape index (κ1) is 13.4. The molecule has 0 aliphatic rings. The average molecular weight is 270 g/mol. The minimum Gasteiger partial charge on any atom is -0.322 e. The second-order valence-corrected chi connectivity index (χ2v) is 4.30. The molecular formula is C15H14N2OS. The van der Waals surface area contributed by atoms with Gasteiger partial charge in [-0.25, -0.2) is 0 Å². The Bertz CT molecular complexity index is 596. The molecule has 0 saturated carbocycles. The standard InChI is InChI=1S/C15H14N2OS/c1-11(14-5-3-2-4-12(14)10-19)15(18)17-13-6-8-16-9-7-13/h2-9,19H,1,10H2,(H,16,17,18). The normalized spacial score (nSPS) is 9.95. The summed E-state index contributed by atoms with van der Waals surface area (Å²) in [5, 5.41) is 2.79. The van der Waals surface area contributed by atoms with E-state index < -0.39 is 0 Å². The van der Waals surface area contributed by atoms with E-state index in [-0.39, 0.29) is 5.91 Å². The quantitative estimate of drug-likeness (QED) is 0.662. The molecule has 0 unspecified atom stereocenters. The maximum Gasteiger partial charge on any atom is 0.255 e. The summed E-state index contributed by atoms with van der Waals surface area (Å²) in [5.41, 5.74) is 2.94. The van der Waals surface area contributed by atoms with E-state index in [0.29, 0.717) is 17.0 Å². The summed E-state index contributed by atoms with van der Waals surface area (Å²) in [4.78, 5) is 16.0. The van der Waals surface area contributed by atoms with Crippen LogP contribution in [-0.4, -0.2) is 10.9 Å². The lowest BCUT2D eigenvalue weighted by atomic mass is 10.0. The van der Waals surface area contributed by atoms with Crippen LogP contribution in [0.5, 0.6) is 0 Å². The summed E-state index contributed by atoms with van der Waals surface area (Å²) >= 11 is 4.26. The first-order valence-corrected chi connectivity index (χ1v) is 6.45. The number of benzene rings is 1. The molecule has 0 aliphatic heterocycles. The van der Waals surface area contributed by atoms with Crippen molar-refractivity contribution >= 4 is 29.8 Å². The van der Waals surface area contributed by atoms with Crippen LogP contribution in [0, 0.1) is 0 Å². The van der Waals surface area contributed by atoms with Crippen LogP contribution in [0.15, 0.2) is 55.4 Å². The molecule has 1 N–H and O–H groups in total. The van der Waals surface area contributed by atoms with Gasteiger partial charge in [0.05, 0.1) is 0 Å². The second-order valence-electron chi connectivity index (χ2n) is 3.98. The molecule has 96 valence electrons. The van der Waals surface area contributed by atoms with Gasteiger partial charge in [0.25, 0.3) is 5.91 Å². The molecule has 4 heteroatoms. The Balaban J connectivity index is 2.18. The number of anilines is 1. The largest absolute Gasteiger partial charge is 0.322 e. The van der Waals surface area contributed by atoms with E-state index in [1.165, 1.54) is 0 Å². The molecule has 0 saturated heterocycles. The Hall–Kier alpha value is -2.07. The van der Waals surface area contributed by atoms with Crippen molar-refractivity contribution < 1.29 is 4.79 Å². The molecule has 1 aromatic heterocycles. The number of carbonyl (C=O) groups is 1. The van der Waals surface area contributed by atoms with Crippen molar-refractivity contribution in [2.45, 2.75) is 5.75 Å². The van der Waals surface area contributed by atoms with Crippen molar-refractivity contribution in [2.24, 2.45) is 0 Å². The zero-order valence-electron chi connectivity index (χ0n) is 10.3. The maximum atomic E-state index is 12.1. The lowest BCUT2D eigenvalue weighted by Gasteiger charge is -2.10. The summed E-state index contributed by atoms with van der Waals surface area (Å²) in [6.07, 6.45) is 3.25. The summed E-state index contributed by atoms with van der Waals surface area (Å²) in [6, 6.07) is 11.1. The molecule has 0 aliphatic carbocycles. The Morgan fingerprint density at radius 2 is 1.89 bits per heavy atom. The van der Waals surface area contributed by atoms with Crippen LogP contribution in [0.4, 0.5) is 5.69 Å². The van der Waals surface area contributed by atoms with Crippen LogP contribution in [0.25, 0.3) is 5.57 Å². The molecule has 1 amide bonds. The molecule has 0 radical (unpaired) electrons. The smallest absolute Gasteiger partial charge is 0.255 e. The van der Waals surface area contributed by atoms with E-state index >= 15 is 0 Å². The number of nitrogens with one attached hydrogen (secondary N) is 1. The zero-order chi connectivity index (χ0) is 13.7. The van der Waals surface area contributed by atoms with Crippen molar-refractivity contribution in [3.63, 3.8) is 0 Å². The Morgan fingerprint density at radius 3 is 2.58 bits per heavy atom. The molecule has 19 heavy (non-hydrogen) atoms. The highest BCUT2D eigenvalue weighted by molar-refractivity contribution is 7.79. The Morgan fingerprint density at radius 1 is 1.21 bits per heavy atom. The topological polar surface area (TPSA) is 42.0 Å². The van der Waals surface area contributed by atoms with E-state index in [9.17, 15) is 4.79 Å². The Kier molecular flexibility index (Phi) is 4.36. The summed E-state index contributed by atoms with van der Waals surface area (Å²) < 4.78 is 0. The average Bonchev–Trinajstić information content (AvgIpc) is 2.47. The number of hydrogen-bond acceptors (Lipinski definition) is 3. The molecule has 1 heterocycles. The molecule has 0 atom stereocenters. The lowest BCUT2D eigenvalue weighted by Crippen LogP contribution is -2.13. The molecule has 1 aromatic carbocycles. The second kappa shape index (κ2) is 6.20. The van der Waals surface area contributed by atoms with E-state index in [1.54, 1.807) is 24.5 Å². The predicted octanol–water partition coefficient (Wildman–Crippen LogP) is 3.16. The van der Waals surface area contributed by atoms with Gasteiger partial charge in [0.1, 0.15) is 0 Å². The predicted molar refractivity (Wildman–Crippen MR) is 81.0 cm³/mol. The molecule has 0 spiro atoms. The van der Waals surface area contributed by atoms with Crippen molar-refractivity contribution in [1.29, 1.82) is 0 Å². The highest BCUT2D eigenvalue weighted by Crippen LogP contribution is 2.20. The van der Waals surface area contributed by atoms with E-state index in [1.807, 2.05) is 24.3 Å². The van der Waals surface area contributed by atoms with Crippen LogP contribution >= 0.6 is 12.6 Å². The van der Waals surface area contributed by atoms with Crippen molar-refractivity contribution in [3.8, 4) is 0 Å². The monoisotopic (exact) mass is 270 g/mol. The maximum absolute atomic E-state index is 12.1. The van der Waals surface area contributed by atoms with Crippen LogP contribution in [0.1, 0.15) is 11.1 Å². The number of pyridine rings is 1. The molecule has 3 nitrogen and oxygen atoms in total. The fraction of sp³-hybridized carbons (Fsp3) is 0.0667. The number of aromatic nitrogens is 1. The first-order chi connectivity index (χ1) is 9.22. The number of hydrogen-bond donors (Lipinski definition) is 2. The van der Waals surface area contributed by atoms with Gasteiger partial charge < -0.3 is 5.32 Å². The number of carbonyl (C=O) groups excluding carboxylic acids is 1. The molecule has 2 rings (SSSR count). The lowest BCUT2D eigenvalue weighted by molar-refractivity contribution is -0.111. The third kappa shape index (κ3) is 3.23. The van der Waals surface area contributed by atoms with Crippen LogP contribution < -0.4 is 5.32 Å². The molecule has 0 bridgehead atoms. The van der Waals surface area contributed by atoms with Gasteiger partial charge >= 0.3 is 0 Å². The van der Waals surface area contributed by atoms with Crippen molar-refractivity contribution in [3.05, 3.63) is 66.5 Å². The Labute approximate surface area is 117 Å². The molecule has 0 fully saturated rings. The van der Waals surface area contributed by atoms with Gasteiger partial charge in [0, 0.05) is 29.4 Å². The number of thiol groups is 1. The SMILES string of the molecule is C=C(C(=O)Nc1ccncc1)c1ccccc1CS. The minimum absolute atomic E-state index is 0.222. The molecule has 2 aromatic rings. The van der Waals surface area contributed by atoms with Crippen molar-refractivity contribution in [2.75, 3.05) is 5.32 Å². The van der Waals surface area contributed by atoms with Gasteiger partial charge in [-0.05, 0) is 23.3 Å². The highest BCUT2D eigenvalue weighted by Gasteiger charge is 2.12. The van der Waals surface area contributed by atoms with E-state index in [2.05, 4.69) is 29.5 Å². The fourth-order valence-corrected chi connectivity index (χ4v) is 1.99. The third-order valence-corrected chi connectivity index (χ3v) is 3.07.